The molecule has 39 heavy (non-hydrogen) atoms. The molecule has 206 valence electrons. The molecule has 2 heterocycles. The SMILES string of the molecule is CCc1cccc(Oc2nc(Nc3cc(C)c(C(=O)NC4CCN(C)CC4)cc3OC)ccc2Cl)c1C(C)=O. The number of nitrogens with zero attached hydrogens (tertiary/aromatic N) is 2. The number of likely N-dealkylation sites (tertiary alicyclic amines) is 1. The maximum Gasteiger partial charge on any atom is 0.251 e. The Labute approximate surface area is 234 Å². The molecule has 1 aliphatic heterocycles. The van der Waals surface area contributed by atoms with Crippen LogP contribution in [0.2, 0.25) is 5.02 Å². The molecular formula is C30H35ClN4O4. The molecule has 0 saturated carbocycles. The van der Waals surface area contributed by atoms with Crippen molar-refractivity contribution in [3.63, 3.8) is 0 Å². The standard InChI is InChI=1S/C30H35ClN4O4/c1-6-20-8-7-9-25(28(20)19(3)36)39-30-23(31)10-11-27(34-30)33-24-16-18(2)22(17-26(24)38-5)29(37)32-21-12-14-35(4)15-13-21/h7-11,16-17,21H,6,12-15H2,1-5H3,(H,32,37)(H,33,34). The summed E-state index contributed by atoms with van der Waals surface area (Å²) in [6.07, 6.45) is 2.56. The third-order valence-electron chi connectivity index (χ3n) is 6.97. The first-order chi connectivity index (χ1) is 18.7. The fourth-order valence-corrected chi connectivity index (χ4v) is 4.92. The van der Waals surface area contributed by atoms with Crippen LogP contribution in [0, 0.1) is 6.92 Å². The highest BCUT2D eigenvalue weighted by Crippen LogP contribution is 2.35. The molecule has 0 unspecified atom stereocenters. The minimum absolute atomic E-state index is 0.0898. The van der Waals surface area contributed by atoms with E-state index >= 15 is 0 Å². The largest absolute Gasteiger partial charge is 0.495 e. The number of aromatic nitrogens is 1. The van der Waals surface area contributed by atoms with Gasteiger partial charge in [0, 0.05) is 11.6 Å². The molecule has 1 amide bonds. The molecule has 9 heteroatoms. The van der Waals surface area contributed by atoms with Crippen LogP contribution in [0.3, 0.4) is 0 Å². The highest BCUT2D eigenvalue weighted by molar-refractivity contribution is 6.31. The van der Waals surface area contributed by atoms with Crippen LogP contribution < -0.4 is 20.1 Å². The van der Waals surface area contributed by atoms with Crippen LogP contribution in [0.4, 0.5) is 11.5 Å². The normalized spacial score (nSPS) is 14.1. The average Bonchev–Trinajstić information content (AvgIpc) is 2.91. The molecule has 1 saturated heterocycles. The lowest BCUT2D eigenvalue weighted by molar-refractivity contribution is 0.0915. The number of hydrogen-bond donors (Lipinski definition) is 2. The smallest absolute Gasteiger partial charge is 0.251 e. The average molecular weight is 551 g/mol. The Kier molecular flexibility index (Phi) is 9.09. The molecule has 0 bridgehead atoms. The highest BCUT2D eigenvalue weighted by Gasteiger charge is 2.22. The second-order valence-corrected chi connectivity index (χ2v) is 10.2. The van der Waals surface area contributed by atoms with Gasteiger partial charge < -0.3 is 25.0 Å². The molecule has 0 radical (unpaired) electrons. The molecule has 4 rings (SSSR count). The van der Waals surface area contributed by atoms with E-state index in [2.05, 4.69) is 27.6 Å². The van der Waals surface area contributed by atoms with Crippen molar-refractivity contribution in [1.82, 2.24) is 15.2 Å². The van der Waals surface area contributed by atoms with Crippen molar-refractivity contribution >= 4 is 34.8 Å². The van der Waals surface area contributed by atoms with Gasteiger partial charge >= 0.3 is 0 Å². The minimum Gasteiger partial charge on any atom is -0.495 e. The van der Waals surface area contributed by atoms with Gasteiger partial charge in [0.2, 0.25) is 5.88 Å². The number of aryl methyl sites for hydroxylation is 2. The van der Waals surface area contributed by atoms with Crippen LogP contribution in [-0.4, -0.2) is 54.9 Å². The lowest BCUT2D eigenvalue weighted by Crippen LogP contribution is -2.43. The predicted octanol–water partition coefficient (Wildman–Crippen LogP) is 6.18. The van der Waals surface area contributed by atoms with E-state index in [-0.39, 0.29) is 23.6 Å². The predicted molar refractivity (Wildman–Crippen MR) is 154 cm³/mol. The number of anilines is 2. The number of halogens is 1. The summed E-state index contributed by atoms with van der Waals surface area (Å²) in [5.41, 5.74) is 3.42. The second-order valence-electron chi connectivity index (χ2n) is 9.83. The van der Waals surface area contributed by atoms with Crippen LogP contribution in [-0.2, 0) is 6.42 Å². The number of ether oxygens (including phenoxy) is 2. The molecule has 1 aromatic heterocycles. The number of ketones is 1. The van der Waals surface area contributed by atoms with Crippen LogP contribution in [0.25, 0.3) is 0 Å². The van der Waals surface area contributed by atoms with Crippen molar-refractivity contribution in [2.45, 2.75) is 46.1 Å². The van der Waals surface area contributed by atoms with Gasteiger partial charge in [-0.05, 0) is 94.7 Å². The van der Waals surface area contributed by atoms with E-state index in [1.54, 1.807) is 31.4 Å². The number of Topliss-reactive ketones (excluding diaryl/α,β-unsaturated/α-hetero) is 1. The van der Waals surface area contributed by atoms with E-state index in [4.69, 9.17) is 21.1 Å². The Bertz CT molecular complexity index is 1370. The van der Waals surface area contributed by atoms with E-state index in [1.165, 1.54) is 6.92 Å². The summed E-state index contributed by atoms with van der Waals surface area (Å²) in [6, 6.07) is 12.6. The molecule has 0 atom stereocenters. The molecule has 1 aliphatic rings. The van der Waals surface area contributed by atoms with Gasteiger partial charge in [0.15, 0.2) is 5.78 Å². The van der Waals surface area contributed by atoms with Gasteiger partial charge in [0.25, 0.3) is 5.91 Å². The van der Waals surface area contributed by atoms with Gasteiger partial charge in [-0.3, -0.25) is 9.59 Å². The first-order valence-corrected chi connectivity index (χ1v) is 13.5. The van der Waals surface area contributed by atoms with Crippen molar-refractivity contribution in [3.05, 3.63) is 69.7 Å². The summed E-state index contributed by atoms with van der Waals surface area (Å²) in [6.45, 7) is 7.33. The van der Waals surface area contributed by atoms with Crippen molar-refractivity contribution in [3.8, 4) is 17.4 Å². The first kappa shape index (κ1) is 28.4. The lowest BCUT2D eigenvalue weighted by Gasteiger charge is -2.29. The maximum atomic E-state index is 13.1. The van der Waals surface area contributed by atoms with Gasteiger partial charge in [-0.1, -0.05) is 30.7 Å². The Morgan fingerprint density at radius 3 is 2.54 bits per heavy atom. The molecule has 2 N–H and O–H groups in total. The zero-order valence-electron chi connectivity index (χ0n) is 23.1. The van der Waals surface area contributed by atoms with Crippen molar-refractivity contribution in [2.24, 2.45) is 0 Å². The number of rotatable bonds is 9. The molecule has 1 fully saturated rings. The topological polar surface area (TPSA) is 92.8 Å². The number of benzene rings is 2. The van der Waals surface area contributed by atoms with E-state index < -0.39 is 0 Å². The quantitative estimate of drug-likeness (QED) is 0.307. The fourth-order valence-electron chi connectivity index (χ4n) is 4.78. The van der Waals surface area contributed by atoms with Crippen LogP contribution in [0.15, 0.2) is 42.5 Å². The molecule has 0 spiro atoms. The molecule has 3 aromatic rings. The first-order valence-electron chi connectivity index (χ1n) is 13.1. The number of carbonyl (C=O) groups excluding carboxylic acids is 2. The fraction of sp³-hybridized carbons (Fsp3) is 0.367. The van der Waals surface area contributed by atoms with Crippen LogP contribution in [0.5, 0.6) is 17.4 Å². The summed E-state index contributed by atoms with van der Waals surface area (Å²) in [7, 11) is 3.65. The number of methoxy groups -OCH3 is 1. The summed E-state index contributed by atoms with van der Waals surface area (Å²) < 4.78 is 11.7. The second kappa shape index (κ2) is 12.5. The third kappa shape index (κ3) is 6.69. The van der Waals surface area contributed by atoms with Crippen molar-refractivity contribution in [2.75, 3.05) is 32.6 Å². The number of carbonyl (C=O) groups is 2. The van der Waals surface area contributed by atoms with E-state index in [0.717, 1.165) is 37.1 Å². The summed E-state index contributed by atoms with van der Waals surface area (Å²) in [5.74, 6) is 1.34. The van der Waals surface area contributed by atoms with Gasteiger partial charge in [-0.25, -0.2) is 0 Å². The molecule has 2 aromatic carbocycles. The third-order valence-corrected chi connectivity index (χ3v) is 7.26. The molecular weight excluding hydrogens is 516 g/mol. The zero-order chi connectivity index (χ0) is 28.1. The molecule has 0 aliphatic carbocycles. The number of hydrogen-bond acceptors (Lipinski definition) is 7. The Morgan fingerprint density at radius 1 is 1.13 bits per heavy atom. The molecule has 8 nitrogen and oxygen atoms in total. The number of nitrogens with one attached hydrogen (secondary N) is 2. The summed E-state index contributed by atoms with van der Waals surface area (Å²) in [5, 5.41) is 6.72. The lowest BCUT2D eigenvalue weighted by atomic mass is 10.0. The van der Waals surface area contributed by atoms with Gasteiger partial charge in [0.05, 0.1) is 18.4 Å². The van der Waals surface area contributed by atoms with Crippen molar-refractivity contribution < 1.29 is 19.1 Å². The summed E-state index contributed by atoms with van der Waals surface area (Å²) in [4.78, 5) is 32.2. The van der Waals surface area contributed by atoms with E-state index in [1.807, 2.05) is 32.0 Å². The number of pyridine rings is 1. The van der Waals surface area contributed by atoms with Crippen LogP contribution in [0.1, 0.15) is 58.5 Å². The number of amides is 1. The van der Waals surface area contributed by atoms with Gasteiger partial charge in [-0.15, -0.1) is 0 Å². The number of piperidine rings is 1. The Hall–Kier alpha value is -3.62. The van der Waals surface area contributed by atoms with Gasteiger partial charge in [0.1, 0.15) is 22.3 Å². The van der Waals surface area contributed by atoms with Crippen LogP contribution >= 0.6 is 11.6 Å². The highest BCUT2D eigenvalue weighted by atomic mass is 35.5. The monoisotopic (exact) mass is 550 g/mol. The zero-order valence-corrected chi connectivity index (χ0v) is 23.8. The summed E-state index contributed by atoms with van der Waals surface area (Å²) >= 11 is 6.41. The van der Waals surface area contributed by atoms with Gasteiger partial charge in [-0.2, -0.15) is 4.98 Å². The van der Waals surface area contributed by atoms with E-state index in [0.29, 0.717) is 45.6 Å². The Balaban J connectivity index is 1.56. The minimum atomic E-state index is -0.109. The maximum absolute atomic E-state index is 13.1. The van der Waals surface area contributed by atoms with Crippen molar-refractivity contribution in [1.29, 1.82) is 0 Å². The Morgan fingerprint density at radius 2 is 1.87 bits per heavy atom. The van der Waals surface area contributed by atoms with E-state index in [9.17, 15) is 9.59 Å².